The second kappa shape index (κ2) is 5.41. The van der Waals surface area contributed by atoms with E-state index in [2.05, 4.69) is 4.90 Å². The molecule has 0 aliphatic carbocycles. The average molecular weight is 290 g/mol. The van der Waals surface area contributed by atoms with E-state index in [1.807, 2.05) is 48.5 Å². The number of para-hydroxylation sites is 1. The first-order valence-corrected chi connectivity index (χ1v) is 7.91. The van der Waals surface area contributed by atoms with Crippen LogP contribution >= 0.6 is 0 Å². The second-order valence-corrected chi connectivity index (χ2v) is 5.87. The van der Waals surface area contributed by atoms with Gasteiger partial charge in [0.1, 0.15) is 0 Å². The summed E-state index contributed by atoms with van der Waals surface area (Å²) in [5.41, 5.74) is 0.940. The Hall–Kier alpha value is -2.42. The van der Waals surface area contributed by atoms with E-state index in [4.69, 9.17) is 4.98 Å². The predicted octanol–water partition coefficient (Wildman–Crippen LogP) is 3.74. The summed E-state index contributed by atoms with van der Waals surface area (Å²) in [5.74, 6) is 0.608. The molecule has 3 nitrogen and oxygen atoms in total. The fourth-order valence-corrected chi connectivity index (χ4v) is 3.32. The molecule has 3 aromatic rings. The molecule has 3 heteroatoms. The van der Waals surface area contributed by atoms with Gasteiger partial charge in [-0.05, 0) is 30.7 Å². The van der Waals surface area contributed by atoms with Crippen molar-refractivity contribution in [3.05, 3.63) is 58.8 Å². The van der Waals surface area contributed by atoms with Gasteiger partial charge in [0.2, 0.25) is 5.43 Å². The van der Waals surface area contributed by atoms with Crippen molar-refractivity contribution < 1.29 is 0 Å². The molecule has 4 rings (SSSR count). The number of benzene rings is 2. The average Bonchev–Trinajstić information content (AvgIpc) is 2.72. The minimum atomic E-state index is 0.0497. The first kappa shape index (κ1) is 13.3. The van der Waals surface area contributed by atoms with Crippen molar-refractivity contribution in [2.45, 2.75) is 19.3 Å². The number of piperidine rings is 1. The standard InChI is InChI=1S/C19H18N2O/c22-18-16-10-3-2-8-14(16)15-9-4-5-11-17(15)20-19(18)21-12-6-1-7-13-21/h2-5,8-11H,1,6-7,12-13H2. The Bertz CT molecular complexity index is 898. The third-order valence-electron chi connectivity index (χ3n) is 4.45. The van der Waals surface area contributed by atoms with Gasteiger partial charge in [0.05, 0.1) is 5.52 Å². The molecule has 0 bridgehead atoms. The molecule has 22 heavy (non-hydrogen) atoms. The summed E-state index contributed by atoms with van der Waals surface area (Å²) in [5, 5.41) is 2.79. The summed E-state index contributed by atoms with van der Waals surface area (Å²) in [6, 6.07) is 15.9. The lowest BCUT2D eigenvalue weighted by atomic mass is 10.1. The predicted molar refractivity (Wildman–Crippen MR) is 91.6 cm³/mol. The molecule has 2 aromatic carbocycles. The fraction of sp³-hybridized carbons (Fsp3) is 0.263. The number of hydrogen-bond donors (Lipinski definition) is 0. The smallest absolute Gasteiger partial charge is 0.228 e. The normalized spacial score (nSPS) is 15.4. The quantitative estimate of drug-likeness (QED) is 0.684. The highest BCUT2D eigenvalue weighted by atomic mass is 16.1. The largest absolute Gasteiger partial charge is 0.353 e. The number of hydrogen-bond acceptors (Lipinski definition) is 3. The van der Waals surface area contributed by atoms with Crippen LogP contribution in [-0.4, -0.2) is 18.1 Å². The molecule has 0 saturated carbocycles. The van der Waals surface area contributed by atoms with Crippen molar-refractivity contribution in [2.75, 3.05) is 18.0 Å². The van der Waals surface area contributed by atoms with Crippen LogP contribution in [0.4, 0.5) is 5.82 Å². The molecule has 1 aromatic heterocycles. The summed E-state index contributed by atoms with van der Waals surface area (Å²) >= 11 is 0. The molecule has 0 spiro atoms. The Morgan fingerprint density at radius 2 is 1.41 bits per heavy atom. The Morgan fingerprint density at radius 3 is 2.18 bits per heavy atom. The number of nitrogens with zero attached hydrogens (tertiary/aromatic N) is 2. The maximum Gasteiger partial charge on any atom is 0.228 e. The third-order valence-corrected chi connectivity index (χ3v) is 4.45. The molecular formula is C19H18N2O. The Morgan fingerprint density at radius 1 is 0.773 bits per heavy atom. The zero-order chi connectivity index (χ0) is 14.9. The summed E-state index contributed by atoms with van der Waals surface area (Å²) in [7, 11) is 0. The highest BCUT2D eigenvalue weighted by molar-refractivity contribution is 6.05. The highest BCUT2D eigenvalue weighted by Crippen LogP contribution is 2.23. The number of fused-ring (bicyclic) bond motifs is 3. The number of rotatable bonds is 1. The van der Waals surface area contributed by atoms with Crippen LogP contribution in [0, 0.1) is 0 Å². The van der Waals surface area contributed by atoms with E-state index in [0.717, 1.165) is 47.6 Å². The topological polar surface area (TPSA) is 33.2 Å². The maximum atomic E-state index is 13.0. The molecule has 1 aliphatic heterocycles. The van der Waals surface area contributed by atoms with E-state index in [0.29, 0.717) is 5.82 Å². The molecule has 1 fully saturated rings. The van der Waals surface area contributed by atoms with E-state index >= 15 is 0 Å². The summed E-state index contributed by atoms with van der Waals surface area (Å²) in [6.45, 7) is 1.85. The van der Waals surface area contributed by atoms with Gasteiger partial charge in [-0.25, -0.2) is 4.98 Å². The van der Waals surface area contributed by atoms with Crippen molar-refractivity contribution in [1.29, 1.82) is 0 Å². The van der Waals surface area contributed by atoms with Gasteiger partial charge in [0.25, 0.3) is 0 Å². The first-order valence-electron chi connectivity index (χ1n) is 7.91. The van der Waals surface area contributed by atoms with E-state index < -0.39 is 0 Å². The molecule has 0 amide bonds. The van der Waals surface area contributed by atoms with Gasteiger partial charge in [0.15, 0.2) is 5.82 Å². The molecule has 1 saturated heterocycles. The minimum absolute atomic E-state index is 0.0497. The highest BCUT2D eigenvalue weighted by Gasteiger charge is 2.17. The minimum Gasteiger partial charge on any atom is -0.353 e. The molecule has 1 aliphatic rings. The SMILES string of the molecule is O=c1c(N2CCCCC2)nc2ccccc2c2ccccc12. The van der Waals surface area contributed by atoms with Crippen LogP contribution in [0.5, 0.6) is 0 Å². The summed E-state index contributed by atoms with van der Waals surface area (Å²) in [6.07, 6.45) is 3.51. The van der Waals surface area contributed by atoms with Crippen LogP contribution < -0.4 is 10.3 Å². The van der Waals surface area contributed by atoms with Crippen molar-refractivity contribution in [1.82, 2.24) is 4.98 Å². The fourth-order valence-electron chi connectivity index (χ4n) is 3.32. The van der Waals surface area contributed by atoms with E-state index in [1.54, 1.807) is 0 Å². The molecule has 110 valence electrons. The monoisotopic (exact) mass is 290 g/mol. The van der Waals surface area contributed by atoms with Crippen LogP contribution in [0.3, 0.4) is 0 Å². The summed E-state index contributed by atoms with van der Waals surface area (Å²) in [4.78, 5) is 19.9. The van der Waals surface area contributed by atoms with Gasteiger partial charge < -0.3 is 4.90 Å². The van der Waals surface area contributed by atoms with Gasteiger partial charge in [-0.1, -0.05) is 42.5 Å². The van der Waals surface area contributed by atoms with Crippen molar-refractivity contribution in [2.24, 2.45) is 0 Å². The van der Waals surface area contributed by atoms with Gasteiger partial charge >= 0.3 is 0 Å². The Balaban J connectivity index is 2.12. The Labute approximate surface area is 129 Å². The molecule has 0 unspecified atom stereocenters. The van der Waals surface area contributed by atoms with Crippen molar-refractivity contribution in [3.8, 4) is 0 Å². The first-order chi connectivity index (χ1) is 10.8. The number of aromatic nitrogens is 1. The van der Waals surface area contributed by atoms with Crippen molar-refractivity contribution in [3.63, 3.8) is 0 Å². The van der Waals surface area contributed by atoms with Gasteiger partial charge in [-0.15, -0.1) is 0 Å². The molecule has 2 heterocycles. The number of anilines is 1. The van der Waals surface area contributed by atoms with Gasteiger partial charge in [-0.2, -0.15) is 0 Å². The zero-order valence-corrected chi connectivity index (χ0v) is 12.5. The van der Waals surface area contributed by atoms with Crippen LogP contribution in [0.25, 0.3) is 21.7 Å². The lowest BCUT2D eigenvalue weighted by Gasteiger charge is -2.26. The maximum absolute atomic E-state index is 13.0. The second-order valence-electron chi connectivity index (χ2n) is 5.87. The van der Waals surface area contributed by atoms with Crippen LogP contribution in [-0.2, 0) is 0 Å². The summed E-state index contributed by atoms with van der Waals surface area (Å²) < 4.78 is 0. The molecular weight excluding hydrogens is 272 g/mol. The van der Waals surface area contributed by atoms with E-state index in [9.17, 15) is 4.79 Å². The van der Waals surface area contributed by atoms with Crippen molar-refractivity contribution >= 4 is 27.5 Å². The van der Waals surface area contributed by atoms with Crippen LogP contribution in [0.1, 0.15) is 19.3 Å². The lowest BCUT2D eigenvalue weighted by molar-refractivity contribution is 0.573. The zero-order valence-electron chi connectivity index (χ0n) is 12.5. The molecule has 0 radical (unpaired) electrons. The Kier molecular flexibility index (Phi) is 3.26. The van der Waals surface area contributed by atoms with Crippen LogP contribution in [0.2, 0.25) is 0 Å². The third kappa shape index (κ3) is 2.13. The molecule has 0 atom stereocenters. The lowest BCUT2D eigenvalue weighted by Crippen LogP contribution is -2.33. The molecule has 0 N–H and O–H groups in total. The van der Waals surface area contributed by atoms with E-state index in [-0.39, 0.29) is 5.43 Å². The van der Waals surface area contributed by atoms with E-state index in [1.165, 1.54) is 6.42 Å². The van der Waals surface area contributed by atoms with Crippen LogP contribution in [0.15, 0.2) is 53.3 Å². The van der Waals surface area contributed by atoms with Gasteiger partial charge in [-0.3, -0.25) is 4.79 Å². The van der Waals surface area contributed by atoms with Gasteiger partial charge in [0, 0.05) is 23.9 Å².